The molecule has 0 heterocycles. The predicted molar refractivity (Wildman–Crippen MR) is 60.0 cm³/mol. The van der Waals surface area contributed by atoms with Crippen LogP contribution in [0.2, 0.25) is 5.02 Å². The third-order valence-electron chi connectivity index (χ3n) is 1.90. The second-order valence-electron chi connectivity index (χ2n) is 3.54. The van der Waals surface area contributed by atoms with Crippen molar-refractivity contribution in [3.63, 3.8) is 0 Å². The summed E-state index contributed by atoms with van der Waals surface area (Å²) in [6, 6.07) is 4.85. The highest BCUT2D eigenvalue weighted by molar-refractivity contribution is 6.30. The van der Waals surface area contributed by atoms with E-state index in [1.165, 1.54) is 12.1 Å². The Bertz CT molecular complexity index is 430. The third kappa shape index (κ3) is 2.81. The van der Waals surface area contributed by atoms with Gasteiger partial charge in [-0.05, 0) is 18.1 Å². The second kappa shape index (κ2) is 4.95. The topological polar surface area (TPSA) is 23.8 Å². The fourth-order valence-electron chi connectivity index (χ4n) is 1.12. The van der Waals surface area contributed by atoms with Gasteiger partial charge in [0.25, 0.3) is 0 Å². The molecule has 0 fully saturated rings. The molecule has 0 aliphatic rings. The van der Waals surface area contributed by atoms with Crippen molar-refractivity contribution < 1.29 is 4.39 Å². The molecule has 0 atom stereocenters. The van der Waals surface area contributed by atoms with Gasteiger partial charge in [0.1, 0.15) is 5.82 Å². The molecule has 78 valence electrons. The maximum atomic E-state index is 13.6. The molecule has 0 aromatic heterocycles. The Kier molecular flexibility index (Phi) is 3.88. The zero-order valence-corrected chi connectivity index (χ0v) is 9.35. The molecule has 0 saturated heterocycles. The van der Waals surface area contributed by atoms with Gasteiger partial charge in [-0.2, -0.15) is 5.26 Å². The number of allylic oxidation sites excluding steroid dienone is 1. The summed E-state index contributed by atoms with van der Waals surface area (Å²) in [5.74, 6) is -0.234. The zero-order valence-electron chi connectivity index (χ0n) is 8.59. The van der Waals surface area contributed by atoms with Crippen LogP contribution in [-0.2, 0) is 0 Å². The van der Waals surface area contributed by atoms with E-state index in [1.54, 1.807) is 6.08 Å². The minimum atomic E-state index is -0.535. The molecule has 0 bridgehead atoms. The summed E-state index contributed by atoms with van der Waals surface area (Å²) < 4.78 is 13.6. The Morgan fingerprint density at radius 2 is 2.13 bits per heavy atom. The number of nitrogens with zero attached hydrogens (tertiary/aromatic N) is 1. The van der Waals surface area contributed by atoms with Crippen molar-refractivity contribution in [3.05, 3.63) is 40.2 Å². The Hall–Kier alpha value is -1.33. The van der Waals surface area contributed by atoms with Crippen molar-refractivity contribution in [2.24, 2.45) is 5.92 Å². The van der Waals surface area contributed by atoms with Crippen LogP contribution in [0.1, 0.15) is 25.0 Å². The highest BCUT2D eigenvalue weighted by Gasteiger charge is 2.09. The van der Waals surface area contributed by atoms with Gasteiger partial charge >= 0.3 is 0 Å². The van der Waals surface area contributed by atoms with E-state index in [0.717, 1.165) is 0 Å². The van der Waals surface area contributed by atoms with Gasteiger partial charge < -0.3 is 0 Å². The largest absolute Gasteiger partial charge is 0.205 e. The summed E-state index contributed by atoms with van der Waals surface area (Å²) in [4.78, 5) is 0. The standard InChI is InChI=1S/C12H11ClFN/c1-8(2)3-5-10-9(7-15)4-6-11(13)12(10)14/h3-6,8H,1-2H3/b5-3+. The van der Waals surface area contributed by atoms with Crippen LogP contribution in [0, 0.1) is 23.1 Å². The van der Waals surface area contributed by atoms with Crippen LogP contribution in [0.5, 0.6) is 0 Å². The number of benzene rings is 1. The van der Waals surface area contributed by atoms with Gasteiger partial charge in [0, 0.05) is 5.56 Å². The lowest BCUT2D eigenvalue weighted by molar-refractivity contribution is 0.625. The van der Waals surface area contributed by atoms with Crippen molar-refractivity contribution >= 4 is 17.7 Å². The van der Waals surface area contributed by atoms with E-state index in [0.29, 0.717) is 11.5 Å². The summed E-state index contributed by atoms with van der Waals surface area (Å²) in [6.07, 6.45) is 3.43. The van der Waals surface area contributed by atoms with Crippen LogP contribution in [0.4, 0.5) is 4.39 Å². The molecule has 0 saturated carbocycles. The Balaban J connectivity index is 3.26. The van der Waals surface area contributed by atoms with E-state index in [1.807, 2.05) is 26.0 Å². The van der Waals surface area contributed by atoms with Gasteiger partial charge in [0.15, 0.2) is 0 Å². The monoisotopic (exact) mass is 223 g/mol. The number of hydrogen-bond donors (Lipinski definition) is 0. The molecule has 0 N–H and O–H groups in total. The van der Waals surface area contributed by atoms with Crippen molar-refractivity contribution in [1.82, 2.24) is 0 Å². The summed E-state index contributed by atoms with van der Waals surface area (Å²) in [7, 11) is 0. The summed E-state index contributed by atoms with van der Waals surface area (Å²) in [5.41, 5.74) is 0.563. The number of hydrogen-bond acceptors (Lipinski definition) is 1. The second-order valence-corrected chi connectivity index (χ2v) is 3.94. The molecule has 0 unspecified atom stereocenters. The normalized spacial score (nSPS) is 10.9. The van der Waals surface area contributed by atoms with Gasteiger partial charge in [-0.25, -0.2) is 4.39 Å². The molecule has 1 rings (SSSR count). The molecule has 0 aliphatic carbocycles. The van der Waals surface area contributed by atoms with Gasteiger partial charge in [0.2, 0.25) is 0 Å². The minimum Gasteiger partial charge on any atom is -0.205 e. The van der Waals surface area contributed by atoms with Crippen LogP contribution >= 0.6 is 11.6 Å². The molecule has 1 aromatic rings. The molecule has 0 spiro atoms. The van der Waals surface area contributed by atoms with Crippen LogP contribution in [0.3, 0.4) is 0 Å². The first-order chi connectivity index (χ1) is 7.06. The fraction of sp³-hybridized carbons (Fsp3) is 0.250. The van der Waals surface area contributed by atoms with E-state index in [-0.39, 0.29) is 10.6 Å². The lowest BCUT2D eigenvalue weighted by atomic mass is 10.1. The first-order valence-electron chi connectivity index (χ1n) is 4.62. The minimum absolute atomic E-state index is 0.0393. The van der Waals surface area contributed by atoms with Gasteiger partial charge in [-0.15, -0.1) is 0 Å². The molecular formula is C12H11ClFN. The lowest BCUT2D eigenvalue weighted by Gasteiger charge is -2.02. The fourth-order valence-corrected chi connectivity index (χ4v) is 1.28. The first kappa shape index (κ1) is 11.7. The number of rotatable bonds is 2. The molecule has 1 aromatic carbocycles. The van der Waals surface area contributed by atoms with Crippen molar-refractivity contribution in [1.29, 1.82) is 5.26 Å². The number of nitriles is 1. The van der Waals surface area contributed by atoms with Gasteiger partial charge in [-0.3, -0.25) is 0 Å². The molecule has 1 nitrogen and oxygen atoms in total. The smallest absolute Gasteiger partial charge is 0.150 e. The molecule has 3 heteroatoms. The quantitative estimate of drug-likeness (QED) is 0.743. The average Bonchev–Trinajstić information content (AvgIpc) is 2.20. The predicted octanol–water partition coefficient (Wildman–Crippen LogP) is 4.02. The van der Waals surface area contributed by atoms with E-state index < -0.39 is 5.82 Å². The van der Waals surface area contributed by atoms with E-state index in [9.17, 15) is 4.39 Å². The maximum Gasteiger partial charge on any atom is 0.150 e. The Labute approximate surface area is 93.8 Å². The summed E-state index contributed by atoms with van der Waals surface area (Å²) >= 11 is 5.64. The summed E-state index contributed by atoms with van der Waals surface area (Å²) in [6.45, 7) is 3.95. The molecule has 0 aliphatic heterocycles. The highest BCUT2D eigenvalue weighted by Crippen LogP contribution is 2.23. The van der Waals surface area contributed by atoms with E-state index in [2.05, 4.69) is 0 Å². The average molecular weight is 224 g/mol. The molecule has 0 amide bonds. The first-order valence-corrected chi connectivity index (χ1v) is 5.00. The van der Waals surface area contributed by atoms with Gasteiger partial charge in [-0.1, -0.05) is 37.6 Å². The Morgan fingerprint density at radius 1 is 1.47 bits per heavy atom. The van der Waals surface area contributed by atoms with Crippen molar-refractivity contribution in [2.75, 3.05) is 0 Å². The molecular weight excluding hydrogens is 213 g/mol. The van der Waals surface area contributed by atoms with Crippen LogP contribution in [0.15, 0.2) is 18.2 Å². The van der Waals surface area contributed by atoms with Crippen LogP contribution in [0.25, 0.3) is 6.08 Å². The zero-order chi connectivity index (χ0) is 11.4. The van der Waals surface area contributed by atoms with Gasteiger partial charge in [0.05, 0.1) is 16.7 Å². The summed E-state index contributed by atoms with van der Waals surface area (Å²) in [5, 5.41) is 8.84. The van der Waals surface area contributed by atoms with E-state index in [4.69, 9.17) is 16.9 Å². The van der Waals surface area contributed by atoms with Crippen LogP contribution in [-0.4, -0.2) is 0 Å². The van der Waals surface area contributed by atoms with Crippen molar-refractivity contribution in [3.8, 4) is 6.07 Å². The van der Waals surface area contributed by atoms with Crippen LogP contribution < -0.4 is 0 Å². The third-order valence-corrected chi connectivity index (χ3v) is 2.19. The molecule has 15 heavy (non-hydrogen) atoms. The SMILES string of the molecule is CC(C)/C=C/c1c(C#N)ccc(Cl)c1F. The lowest BCUT2D eigenvalue weighted by Crippen LogP contribution is -1.90. The van der Waals surface area contributed by atoms with E-state index >= 15 is 0 Å². The Morgan fingerprint density at radius 3 is 2.67 bits per heavy atom. The molecule has 0 radical (unpaired) electrons. The highest BCUT2D eigenvalue weighted by atomic mass is 35.5. The van der Waals surface area contributed by atoms with Crippen molar-refractivity contribution in [2.45, 2.75) is 13.8 Å². The number of halogens is 2. The maximum absolute atomic E-state index is 13.6.